The summed E-state index contributed by atoms with van der Waals surface area (Å²) in [7, 11) is 1.74. The molecule has 4 nitrogen and oxygen atoms in total. The lowest BCUT2D eigenvalue weighted by Gasteiger charge is -2.04. The standard InChI is InChI=1S/C15H16N2O2/c1-10-4-5-12(8-11(10)2)13(18)9-14(19)15-16-6-7-17(15)3/h4-8H,9H2,1-3H3. The number of benzene rings is 1. The molecule has 0 unspecified atom stereocenters. The molecule has 0 spiro atoms. The Kier molecular flexibility index (Phi) is 3.60. The first kappa shape index (κ1) is 13.2. The first-order valence-corrected chi connectivity index (χ1v) is 6.10. The van der Waals surface area contributed by atoms with Crippen LogP contribution in [0, 0.1) is 13.8 Å². The molecule has 98 valence electrons. The normalized spacial score (nSPS) is 10.5. The number of carbonyl (C=O) groups is 2. The van der Waals surface area contributed by atoms with E-state index in [1.165, 1.54) is 0 Å². The Bertz CT molecular complexity index is 641. The van der Waals surface area contributed by atoms with Crippen LogP contribution in [0.25, 0.3) is 0 Å². The number of Topliss-reactive ketones (excluding diaryl/α,β-unsaturated/α-hetero) is 2. The van der Waals surface area contributed by atoms with E-state index in [2.05, 4.69) is 4.98 Å². The molecule has 0 aliphatic carbocycles. The second-order valence-corrected chi connectivity index (χ2v) is 4.68. The van der Waals surface area contributed by atoms with Crippen molar-refractivity contribution >= 4 is 11.6 Å². The summed E-state index contributed by atoms with van der Waals surface area (Å²) in [5.74, 6) is -0.107. The van der Waals surface area contributed by atoms with Gasteiger partial charge in [-0.05, 0) is 31.0 Å². The molecule has 0 radical (unpaired) electrons. The summed E-state index contributed by atoms with van der Waals surface area (Å²) >= 11 is 0. The fourth-order valence-electron chi connectivity index (χ4n) is 1.88. The third kappa shape index (κ3) is 2.78. The molecule has 0 N–H and O–H groups in total. The minimum atomic E-state index is -0.254. The Morgan fingerprint density at radius 3 is 2.47 bits per heavy atom. The predicted octanol–water partition coefficient (Wildman–Crippen LogP) is 2.49. The van der Waals surface area contributed by atoms with E-state index in [-0.39, 0.29) is 18.0 Å². The Morgan fingerprint density at radius 1 is 1.16 bits per heavy atom. The molecule has 2 rings (SSSR count). The molecule has 0 aliphatic rings. The summed E-state index contributed by atoms with van der Waals surface area (Å²) in [6.45, 7) is 3.94. The molecule has 1 heterocycles. The smallest absolute Gasteiger partial charge is 0.205 e. The van der Waals surface area contributed by atoms with Crippen molar-refractivity contribution in [1.82, 2.24) is 9.55 Å². The third-order valence-corrected chi connectivity index (χ3v) is 3.22. The van der Waals surface area contributed by atoms with Gasteiger partial charge in [0.1, 0.15) is 0 Å². The van der Waals surface area contributed by atoms with Crippen molar-refractivity contribution in [3.63, 3.8) is 0 Å². The molecular formula is C15H16N2O2. The van der Waals surface area contributed by atoms with Crippen LogP contribution in [0.4, 0.5) is 0 Å². The summed E-state index contributed by atoms with van der Waals surface area (Å²) in [4.78, 5) is 28.0. The zero-order valence-electron chi connectivity index (χ0n) is 11.3. The fraction of sp³-hybridized carbons (Fsp3) is 0.267. The number of aromatic nitrogens is 2. The summed E-state index contributed by atoms with van der Waals surface area (Å²) in [6.07, 6.45) is 3.09. The predicted molar refractivity (Wildman–Crippen MR) is 72.4 cm³/mol. The molecule has 0 saturated carbocycles. The molecule has 0 aliphatic heterocycles. The van der Waals surface area contributed by atoms with Crippen molar-refractivity contribution in [3.8, 4) is 0 Å². The minimum Gasteiger partial charge on any atom is -0.332 e. The SMILES string of the molecule is Cc1ccc(C(=O)CC(=O)c2nccn2C)cc1C. The van der Waals surface area contributed by atoms with Gasteiger partial charge in [-0.2, -0.15) is 0 Å². The lowest BCUT2D eigenvalue weighted by molar-refractivity contribution is 0.0886. The molecule has 1 aromatic heterocycles. The topological polar surface area (TPSA) is 52.0 Å². The number of hydrogen-bond acceptors (Lipinski definition) is 3. The van der Waals surface area contributed by atoms with Crippen molar-refractivity contribution in [3.05, 3.63) is 53.1 Å². The average molecular weight is 256 g/mol. The molecular weight excluding hydrogens is 240 g/mol. The highest BCUT2D eigenvalue weighted by molar-refractivity contribution is 6.12. The van der Waals surface area contributed by atoms with Gasteiger partial charge in [-0.25, -0.2) is 4.98 Å². The van der Waals surface area contributed by atoms with E-state index in [0.29, 0.717) is 11.4 Å². The van der Waals surface area contributed by atoms with Crippen LogP contribution in [0.1, 0.15) is 38.5 Å². The van der Waals surface area contributed by atoms with E-state index < -0.39 is 0 Å². The maximum atomic E-state index is 12.1. The van der Waals surface area contributed by atoms with Crippen LogP contribution in [0.15, 0.2) is 30.6 Å². The van der Waals surface area contributed by atoms with E-state index in [4.69, 9.17) is 0 Å². The molecule has 2 aromatic rings. The van der Waals surface area contributed by atoms with Crippen LogP contribution >= 0.6 is 0 Å². The number of carbonyl (C=O) groups excluding carboxylic acids is 2. The monoisotopic (exact) mass is 256 g/mol. The van der Waals surface area contributed by atoms with E-state index in [9.17, 15) is 9.59 Å². The van der Waals surface area contributed by atoms with Gasteiger partial charge in [0.2, 0.25) is 5.78 Å². The number of aryl methyl sites for hydroxylation is 3. The summed E-state index contributed by atoms with van der Waals surface area (Å²) < 4.78 is 1.62. The van der Waals surface area contributed by atoms with Crippen LogP contribution in [0.3, 0.4) is 0 Å². The fourth-order valence-corrected chi connectivity index (χ4v) is 1.88. The van der Waals surface area contributed by atoms with E-state index >= 15 is 0 Å². The molecule has 0 fully saturated rings. The largest absolute Gasteiger partial charge is 0.332 e. The van der Waals surface area contributed by atoms with Gasteiger partial charge in [-0.1, -0.05) is 12.1 Å². The van der Waals surface area contributed by atoms with Crippen LogP contribution in [-0.4, -0.2) is 21.1 Å². The molecule has 0 bridgehead atoms. The zero-order chi connectivity index (χ0) is 14.0. The van der Waals surface area contributed by atoms with Gasteiger partial charge in [0, 0.05) is 25.0 Å². The van der Waals surface area contributed by atoms with Crippen molar-refractivity contribution in [2.24, 2.45) is 7.05 Å². The van der Waals surface area contributed by atoms with E-state index in [1.807, 2.05) is 26.0 Å². The summed E-state index contributed by atoms with van der Waals surface area (Å²) in [6, 6.07) is 5.48. The lowest BCUT2D eigenvalue weighted by Crippen LogP contribution is -2.13. The van der Waals surface area contributed by atoms with Gasteiger partial charge in [0.05, 0.1) is 6.42 Å². The van der Waals surface area contributed by atoms with Gasteiger partial charge in [-0.3, -0.25) is 9.59 Å². The van der Waals surface area contributed by atoms with Crippen molar-refractivity contribution < 1.29 is 9.59 Å². The zero-order valence-corrected chi connectivity index (χ0v) is 11.3. The van der Waals surface area contributed by atoms with E-state index in [0.717, 1.165) is 11.1 Å². The first-order chi connectivity index (χ1) is 8.99. The second kappa shape index (κ2) is 5.18. The van der Waals surface area contributed by atoms with Gasteiger partial charge >= 0.3 is 0 Å². The lowest BCUT2D eigenvalue weighted by atomic mass is 10.0. The molecule has 19 heavy (non-hydrogen) atoms. The third-order valence-electron chi connectivity index (χ3n) is 3.22. The van der Waals surface area contributed by atoms with Crippen LogP contribution in [0.2, 0.25) is 0 Å². The highest BCUT2D eigenvalue weighted by atomic mass is 16.1. The number of imidazole rings is 1. The number of rotatable bonds is 4. The molecule has 0 saturated heterocycles. The Balaban J connectivity index is 2.15. The number of hydrogen-bond donors (Lipinski definition) is 0. The van der Waals surface area contributed by atoms with Crippen molar-refractivity contribution in [2.75, 3.05) is 0 Å². The highest BCUT2D eigenvalue weighted by Crippen LogP contribution is 2.13. The summed E-state index contributed by atoms with van der Waals surface area (Å²) in [5, 5.41) is 0. The van der Waals surface area contributed by atoms with E-state index in [1.54, 1.807) is 30.1 Å². The van der Waals surface area contributed by atoms with Crippen LogP contribution < -0.4 is 0 Å². The Labute approximate surface area is 112 Å². The molecule has 0 atom stereocenters. The Morgan fingerprint density at radius 2 is 1.89 bits per heavy atom. The Hall–Kier alpha value is -2.23. The number of nitrogens with zero attached hydrogens (tertiary/aromatic N) is 2. The summed E-state index contributed by atoms with van der Waals surface area (Å²) in [5.41, 5.74) is 2.76. The maximum Gasteiger partial charge on any atom is 0.205 e. The molecule has 4 heteroatoms. The number of ketones is 2. The van der Waals surface area contributed by atoms with Crippen LogP contribution in [0.5, 0.6) is 0 Å². The van der Waals surface area contributed by atoms with Crippen LogP contribution in [-0.2, 0) is 7.05 Å². The van der Waals surface area contributed by atoms with Gasteiger partial charge in [0.25, 0.3) is 0 Å². The van der Waals surface area contributed by atoms with Gasteiger partial charge in [0.15, 0.2) is 11.6 Å². The maximum absolute atomic E-state index is 12.1. The van der Waals surface area contributed by atoms with Crippen molar-refractivity contribution in [1.29, 1.82) is 0 Å². The molecule has 0 amide bonds. The average Bonchev–Trinajstić information content (AvgIpc) is 2.79. The second-order valence-electron chi connectivity index (χ2n) is 4.68. The van der Waals surface area contributed by atoms with Gasteiger partial charge in [-0.15, -0.1) is 0 Å². The van der Waals surface area contributed by atoms with Gasteiger partial charge < -0.3 is 4.57 Å². The molecule has 1 aromatic carbocycles. The quantitative estimate of drug-likeness (QED) is 0.624. The van der Waals surface area contributed by atoms with Crippen molar-refractivity contribution in [2.45, 2.75) is 20.3 Å². The minimum absolute atomic E-state index is 0.145. The highest BCUT2D eigenvalue weighted by Gasteiger charge is 2.17. The first-order valence-electron chi connectivity index (χ1n) is 6.10.